The number of hydrogen-bond acceptors (Lipinski definition) is 4. The van der Waals surface area contributed by atoms with Gasteiger partial charge in [0.2, 0.25) is 0 Å². The zero-order chi connectivity index (χ0) is 15.3. The van der Waals surface area contributed by atoms with Gasteiger partial charge >= 0.3 is 0 Å². The van der Waals surface area contributed by atoms with E-state index in [0.29, 0.717) is 16.1 Å². The molecule has 4 rings (SSSR count). The molecule has 0 saturated heterocycles. The minimum absolute atomic E-state index is 0.0295. The molecule has 2 aromatic heterocycles. The van der Waals surface area contributed by atoms with Crippen molar-refractivity contribution in [3.05, 3.63) is 58.3 Å². The molecule has 4 nitrogen and oxygen atoms in total. The topological polar surface area (TPSA) is 71.8 Å². The second-order valence-electron chi connectivity index (χ2n) is 5.21. The smallest absolute Gasteiger partial charge is 0.194 e. The van der Waals surface area contributed by atoms with Crippen LogP contribution in [0.1, 0.15) is 5.56 Å². The molecular weight excluding hydrogens is 294 g/mol. The van der Waals surface area contributed by atoms with Crippen LogP contribution in [0.3, 0.4) is 0 Å². The fraction of sp³-hybridized carbons (Fsp3) is 0.0588. The number of H-pyrrole nitrogens is 1. The average molecular weight is 307 g/mol. The third-order valence-corrected chi connectivity index (χ3v) is 4.76. The van der Waals surface area contributed by atoms with Gasteiger partial charge in [0.15, 0.2) is 10.6 Å². The number of hydrogen-bond donors (Lipinski definition) is 2. The molecule has 2 heterocycles. The quantitative estimate of drug-likeness (QED) is 0.563. The molecule has 0 amide bonds. The molecule has 0 unspecified atom stereocenters. The Bertz CT molecular complexity index is 1060. The van der Waals surface area contributed by atoms with Gasteiger partial charge in [0.25, 0.3) is 0 Å². The fourth-order valence-corrected chi connectivity index (χ4v) is 3.64. The zero-order valence-corrected chi connectivity index (χ0v) is 12.7. The number of nitrogen functional groups attached to an aromatic ring is 1. The molecule has 0 saturated carbocycles. The molecule has 0 atom stereocenters. The van der Waals surface area contributed by atoms with E-state index in [4.69, 9.17) is 5.73 Å². The van der Waals surface area contributed by atoms with E-state index in [2.05, 4.69) is 9.97 Å². The number of benzene rings is 2. The van der Waals surface area contributed by atoms with Gasteiger partial charge in [-0.25, -0.2) is 4.98 Å². The number of thiazole rings is 1. The Kier molecular flexibility index (Phi) is 2.77. The third kappa shape index (κ3) is 1.83. The van der Waals surface area contributed by atoms with Gasteiger partial charge in [0, 0.05) is 5.56 Å². The molecule has 0 aliphatic rings. The van der Waals surface area contributed by atoms with Crippen LogP contribution in [0, 0.1) is 6.92 Å². The average Bonchev–Trinajstić information content (AvgIpc) is 2.91. The van der Waals surface area contributed by atoms with E-state index in [1.54, 1.807) is 0 Å². The normalized spacial score (nSPS) is 11.3. The maximum absolute atomic E-state index is 12.9. The van der Waals surface area contributed by atoms with Crippen molar-refractivity contribution in [1.82, 2.24) is 9.97 Å². The van der Waals surface area contributed by atoms with E-state index in [1.165, 1.54) is 11.3 Å². The van der Waals surface area contributed by atoms with Crippen LogP contribution in [0.5, 0.6) is 0 Å². The summed E-state index contributed by atoms with van der Waals surface area (Å²) in [5.74, 6) is 0. The first kappa shape index (κ1) is 13.0. The summed E-state index contributed by atoms with van der Waals surface area (Å²) in [6.07, 6.45) is 0. The monoisotopic (exact) mass is 307 g/mol. The third-order valence-electron chi connectivity index (χ3n) is 3.84. The second-order valence-corrected chi connectivity index (χ2v) is 6.24. The lowest BCUT2D eigenvalue weighted by atomic mass is 10.0. The van der Waals surface area contributed by atoms with Crippen molar-refractivity contribution in [3.63, 3.8) is 0 Å². The lowest BCUT2D eigenvalue weighted by Crippen LogP contribution is -2.09. The SMILES string of the molecule is Cc1c(-c2ccccc2)[nH]c2ccc3nc(N)sc3c2c1=O. The first-order chi connectivity index (χ1) is 10.6. The number of anilines is 1. The minimum atomic E-state index is 0.0295. The molecule has 5 heteroatoms. The predicted molar refractivity (Wildman–Crippen MR) is 92.3 cm³/mol. The summed E-state index contributed by atoms with van der Waals surface area (Å²) in [5.41, 5.74) is 9.96. The zero-order valence-electron chi connectivity index (χ0n) is 11.9. The molecule has 0 aliphatic carbocycles. The number of aromatic amines is 1. The van der Waals surface area contributed by atoms with E-state index < -0.39 is 0 Å². The summed E-state index contributed by atoms with van der Waals surface area (Å²) < 4.78 is 0.846. The molecule has 2 aromatic carbocycles. The number of nitrogens with two attached hydrogens (primary N) is 1. The number of pyridine rings is 1. The van der Waals surface area contributed by atoms with Gasteiger partial charge < -0.3 is 10.7 Å². The molecule has 0 radical (unpaired) electrons. The Morgan fingerprint density at radius 2 is 1.91 bits per heavy atom. The molecule has 0 bridgehead atoms. The molecule has 108 valence electrons. The van der Waals surface area contributed by atoms with Gasteiger partial charge in [0.1, 0.15) is 0 Å². The number of nitrogens with zero attached hydrogens (tertiary/aromatic N) is 1. The van der Waals surface area contributed by atoms with Crippen LogP contribution >= 0.6 is 11.3 Å². The number of fused-ring (bicyclic) bond motifs is 3. The van der Waals surface area contributed by atoms with Crippen LogP contribution in [-0.4, -0.2) is 9.97 Å². The Morgan fingerprint density at radius 1 is 1.14 bits per heavy atom. The first-order valence-electron chi connectivity index (χ1n) is 6.92. The largest absolute Gasteiger partial charge is 0.375 e. The van der Waals surface area contributed by atoms with Crippen molar-refractivity contribution >= 4 is 37.6 Å². The van der Waals surface area contributed by atoms with Crippen molar-refractivity contribution in [1.29, 1.82) is 0 Å². The van der Waals surface area contributed by atoms with Crippen LogP contribution in [0.2, 0.25) is 0 Å². The first-order valence-corrected chi connectivity index (χ1v) is 7.74. The van der Waals surface area contributed by atoms with Crippen LogP contribution < -0.4 is 11.2 Å². The van der Waals surface area contributed by atoms with Crippen molar-refractivity contribution in [2.24, 2.45) is 0 Å². The van der Waals surface area contributed by atoms with Crippen molar-refractivity contribution in [3.8, 4) is 11.3 Å². The van der Waals surface area contributed by atoms with Gasteiger partial charge in [-0.05, 0) is 24.6 Å². The standard InChI is InChI=1S/C17H13N3OS/c1-9-14(10-5-3-2-4-6-10)19-11-7-8-12-16(13(11)15(9)21)22-17(18)20-12/h2-8H,1H3,(H2,18,20)(H,19,21). The lowest BCUT2D eigenvalue weighted by Gasteiger charge is -2.09. The molecule has 0 fully saturated rings. The highest BCUT2D eigenvalue weighted by Gasteiger charge is 2.14. The highest BCUT2D eigenvalue weighted by Crippen LogP contribution is 2.31. The van der Waals surface area contributed by atoms with Gasteiger partial charge in [0.05, 0.1) is 26.8 Å². The summed E-state index contributed by atoms with van der Waals surface area (Å²) in [7, 11) is 0. The van der Waals surface area contributed by atoms with Gasteiger partial charge in [-0.2, -0.15) is 0 Å². The van der Waals surface area contributed by atoms with Gasteiger partial charge in [-0.15, -0.1) is 0 Å². The van der Waals surface area contributed by atoms with Gasteiger partial charge in [-0.1, -0.05) is 41.7 Å². The maximum atomic E-state index is 12.9. The predicted octanol–water partition coefficient (Wildman–Crippen LogP) is 3.70. The molecule has 4 aromatic rings. The molecule has 22 heavy (non-hydrogen) atoms. The van der Waals surface area contributed by atoms with E-state index in [1.807, 2.05) is 49.4 Å². The fourth-order valence-electron chi connectivity index (χ4n) is 2.76. The number of rotatable bonds is 1. The molecular formula is C17H13N3OS. The Morgan fingerprint density at radius 3 is 2.68 bits per heavy atom. The summed E-state index contributed by atoms with van der Waals surface area (Å²) >= 11 is 1.35. The molecule has 3 N–H and O–H groups in total. The summed E-state index contributed by atoms with van der Waals surface area (Å²) in [6.45, 7) is 1.85. The van der Waals surface area contributed by atoms with E-state index in [0.717, 1.165) is 27.0 Å². The lowest BCUT2D eigenvalue weighted by molar-refractivity contribution is 1.30. The Balaban J connectivity index is 2.14. The number of nitrogens with one attached hydrogen (secondary N) is 1. The van der Waals surface area contributed by atoms with Crippen LogP contribution in [0.25, 0.3) is 32.4 Å². The van der Waals surface area contributed by atoms with E-state index in [-0.39, 0.29) is 5.43 Å². The molecule has 0 spiro atoms. The highest BCUT2D eigenvalue weighted by atomic mass is 32.1. The van der Waals surface area contributed by atoms with E-state index >= 15 is 0 Å². The van der Waals surface area contributed by atoms with Crippen molar-refractivity contribution in [2.45, 2.75) is 6.92 Å². The second kappa shape index (κ2) is 4.68. The van der Waals surface area contributed by atoms with Gasteiger partial charge in [-0.3, -0.25) is 4.79 Å². The van der Waals surface area contributed by atoms with Crippen LogP contribution in [-0.2, 0) is 0 Å². The summed E-state index contributed by atoms with van der Waals surface area (Å²) in [6, 6.07) is 13.7. The highest BCUT2D eigenvalue weighted by molar-refractivity contribution is 7.23. The maximum Gasteiger partial charge on any atom is 0.194 e. The minimum Gasteiger partial charge on any atom is -0.375 e. The summed E-state index contributed by atoms with van der Waals surface area (Å²) in [4.78, 5) is 20.5. The summed E-state index contributed by atoms with van der Waals surface area (Å²) in [5, 5.41) is 1.15. The number of aromatic nitrogens is 2. The van der Waals surface area contributed by atoms with Crippen molar-refractivity contribution < 1.29 is 0 Å². The Hall–Kier alpha value is -2.66. The van der Waals surface area contributed by atoms with Crippen LogP contribution in [0.15, 0.2) is 47.3 Å². The van der Waals surface area contributed by atoms with Crippen LogP contribution in [0.4, 0.5) is 5.13 Å². The Labute approximate surface area is 130 Å². The molecule has 0 aliphatic heterocycles. The van der Waals surface area contributed by atoms with Crippen molar-refractivity contribution in [2.75, 3.05) is 5.73 Å². The van der Waals surface area contributed by atoms with E-state index in [9.17, 15) is 4.79 Å².